The fourth-order valence-corrected chi connectivity index (χ4v) is 8.08. The second-order valence-electron chi connectivity index (χ2n) is 15.5. The van der Waals surface area contributed by atoms with E-state index >= 15 is 0 Å². The average Bonchev–Trinajstić information content (AvgIpc) is 4.05. The molecule has 338 valence electrons. The Morgan fingerprint density at radius 3 is 2.30 bits per heavy atom. The van der Waals surface area contributed by atoms with Crippen LogP contribution < -0.4 is 31.2 Å². The Morgan fingerprint density at radius 2 is 1.61 bits per heavy atom. The quantitative estimate of drug-likeness (QED) is 0.0731. The van der Waals surface area contributed by atoms with Crippen LogP contribution in [0.2, 0.25) is 0 Å². The van der Waals surface area contributed by atoms with Crippen molar-refractivity contribution < 1.29 is 38.5 Å². The Hall–Kier alpha value is -6.90. The van der Waals surface area contributed by atoms with Crippen LogP contribution in [-0.4, -0.2) is 128 Å². The van der Waals surface area contributed by atoms with Crippen LogP contribution in [0.25, 0.3) is 11.0 Å². The van der Waals surface area contributed by atoms with Crippen LogP contribution in [0.15, 0.2) is 53.5 Å². The van der Waals surface area contributed by atoms with Gasteiger partial charge in [0.2, 0.25) is 17.8 Å². The van der Waals surface area contributed by atoms with Gasteiger partial charge in [-0.3, -0.25) is 38.8 Å². The molecule has 1 saturated heterocycles. The molecule has 1 fully saturated rings. The van der Waals surface area contributed by atoms with Crippen molar-refractivity contribution in [2.45, 2.75) is 66.2 Å². The summed E-state index contributed by atoms with van der Waals surface area (Å²) in [6.45, 7) is 11.4. The number of ether oxygens (including phenoxy) is 3. The molecule has 0 radical (unpaired) electrons. The summed E-state index contributed by atoms with van der Waals surface area (Å²) in [6, 6.07) is 9.65. The second-order valence-corrected chi connectivity index (χ2v) is 15.5. The van der Waals surface area contributed by atoms with Crippen LogP contribution in [0.1, 0.15) is 78.9 Å². The minimum atomic E-state index is -0.669. The van der Waals surface area contributed by atoms with Crippen molar-refractivity contribution in [1.29, 1.82) is 0 Å². The maximum absolute atomic E-state index is 13.8. The van der Waals surface area contributed by atoms with Crippen molar-refractivity contribution >= 4 is 52.1 Å². The number of aromatic nitrogens is 6. The molecule has 2 aliphatic rings. The minimum Gasteiger partial charge on any atom is -0.494 e. The Morgan fingerprint density at radius 1 is 0.938 bits per heavy atom. The lowest BCUT2D eigenvalue weighted by atomic mass is 10.1. The molecule has 2 aromatic carbocycles. The number of imidazole rings is 1. The first-order valence-electron chi connectivity index (χ1n) is 21.2. The van der Waals surface area contributed by atoms with E-state index in [1.54, 1.807) is 45.1 Å². The lowest BCUT2D eigenvalue weighted by molar-refractivity contribution is -0.0287. The van der Waals surface area contributed by atoms with E-state index in [0.29, 0.717) is 108 Å². The van der Waals surface area contributed by atoms with E-state index in [1.165, 1.54) is 19.2 Å². The summed E-state index contributed by atoms with van der Waals surface area (Å²) >= 11 is 0. The van der Waals surface area contributed by atoms with Crippen LogP contribution >= 0.6 is 0 Å². The summed E-state index contributed by atoms with van der Waals surface area (Å²) in [5.41, 5.74) is 16.1. The summed E-state index contributed by atoms with van der Waals surface area (Å²) in [7, 11) is 1.47. The van der Waals surface area contributed by atoms with E-state index in [1.807, 2.05) is 37.8 Å². The Bertz CT molecular complexity index is 2640. The van der Waals surface area contributed by atoms with Crippen molar-refractivity contribution in [3.05, 3.63) is 88.0 Å². The molecule has 0 bridgehead atoms. The van der Waals surface area contributed by atoms with Crippen LogP contribution in [0, 0.1) is 13.8 Å². The number of aliphatic hydroxyl groups excluding tert-OH is 1. The normalized spacial score (nSPS) is 15.9. The van der Waals surface area contributed by atoms with Gasteiger partial charge in [0, 0.05) is 56.8 Å². The van der Waals surface area contributed by atoms with Gasteiger partial charge < -0.3 is 40.3 Å². The number of benzene rings is 2. The number of amidine groups is 1. The van der Waals surface area contributed by atoms with E-state index < -0.39 is 23.6 Å². The van der Waals surface area contributed by atoms with E-state index in [0.717, 1.165) is 0 Å². The van der Waals surface area contributed by atoms with Gasteiger partial charge in [-0.1, -0.05) is 12.2 Å². The molecule has 3 aromatic heterocycles. The number of carbonyl (C=O) groups is 4. The standard InChI is InChI=1S/C44H54N12O8/c1-6-55-33(17-26(3)50-55)42(60)48-37-23-28-19-29(40(45)58)22-36(64-15-10-11-52-14-16-63-25-31(52)24-57)38(28)53(37)12-8-9-13-54-39-32(20-30(41(46)59)21-35(39)62-5)47-44(54)49-43(61)34-18-27(4)51-56(34)7-2/h8-9,17-22,31,57H,6-7,10-16,23-25H2,1-5H3,(H2,45,58)(H2,46,59)(H,47,49,61)/b9-8+,48-37?. The summed E-state index contributed by atoms with van der Waals surface area (Å²) in [5.74, 6) is -0.897. The number of aliphatic hydroxyl groups is 1. The number of amides is 4. The van der Waals surface area contributed by atoms with E-state index in [2.05, 4.69) is 25.4 Å². The third kappa shape index (κ3) is 9.53. The first-order valence-corrected chi connectivity index (χ1v) is 21.2. The number of allylic oxidation sites excluding steroid dienone is 1. The number of morpholine rings is 1. The molecule has 20 nitrogen and oxygen atoms in total. The second kappa shape index (κ2) is 19.7. The van der Waals surface area contributed by atoms with Gasteiger partial charge in [0.1, 0.15) is 34.2 Å². The number of aliphatic imine (C=N–C) groups is 1. The topological polar surface area (TPSA) is 253 Å². The largest absolute Gasteiger partial charge is 0.494 e. The highest BCUT2D eigenvalue weighted by molar-refractivity contribution is 6.14. The molecule has 0 spiro atoms. The highest BCUT2D eigenvalue weighted by atomic mass is 16.5. The molecule has 5 aromatic rings. The van der Waals surface area contributed by atoms with Crippen LogP contribution in [0.5, 0.6) is 11.5 Å². The number of nitrogens with zero attached hydrogens (tertiary/aromatic N) is 9. The molecular weight excluding hydrogens is 825 g/mol. The Kier molecular flexibility index (Phi) is 13.9. The summed E-state index contributed by atoms with van der Waals surface area (Å²) in [4.78, 5) is 65.8. The Balaban J connectivity index is 1.23. The predicted octanol–water partition coefficient (Wildman–Crippen LogP) is 2.86. The molecule has 7 rings (SSSR count). The third-order valence-corrected chi connectivity index (χ3v) is 11.1. The Labute approximate surface area is 369 Å². The van der Waals surface area contributed by atoms with Crippen molar-refractivity contribution in [2.75, 3.05) is 63.4 Å². The van der Waals surface area contributed by atoms with E-state index in [-0.39, 0.29) is 55.8 Å². The zero-order valence-electron chi connectivity index (χ0n) is 36.7. The number of hydrogen-bond donors (Lipinski definition) is 4. The minimum absolute atomic E-state index is 0.0150. The molecule has 64 heavy (non-hydrogen) atoms. The SMILES string of the molecule is CCn1nc(C)cc1C(=O)N=C1Cc2cc(C(N)=O)cc(OCCCN3CCOCC3CO)c2N1C/C=C/Cn1c(NC(=O)c2cc(C)nn2CC)nc2cc(C(N)=O)cc(OC)c21. The number of nitrogens with two attached hydrogens (primary N) is 2. The lowest BCUT2D eigenvalue weighted by Crippen LogP contribution is -2.47. The van der Waals surface area contributed by atoms with Gasteiger partial charge in [-0.25, -0.2) is 4.98 Å². The van der Waals surface area contributed by atoms with Gasteiger partial charge >= 0.3 is 0 Å². The number of aryl methyl sites for hydroxylation is 4. The van der Waals surface area contributed by atoms with Gasteiger partial charge in [-0.05, 0) is 76.1 Å². The molecular formula is C44H54N12O8. The smallest absolute Gasteiger partial charge is 0.296 e. The predicted molar refractivity (Wildman–Crippen MR) is 238 cm³/mol. The van der Waals surface area contributed by atoms with Gasteiger partial charge in [-0.2, -0.15) is 15.2 Å². The number of primary amides is 2. The summed E-state index contributed by atoms with van der Waals surface area (Å²) < 4.78 is 22.6. The van der Waals surface area contributed by atoms with Crippen molar-refractivity contribution in [1.82, 2.24) is 34.0 Å². The number of hydrogen-bond acceptors (Lipinski definition) is 12. The fraction of sp³-hybridized carbons (Fsp3) is 0.409. The monoisotopic (exact) mass is 878 g/mol. The maximum Gasteiger partial charge on any atom is 0.296 e. The number of rotatable bonds is 18. The number of carbonyl (C=O) groups excluding carboxylic acids is 4. The van der Waals surface area contributed by atoms with Crippen molar-refractivity contribution in [2.24, 2.45) is 16.5 Å². The molecule has 1 unspecified atom stereocenters. The van der Waals surface area contributed by atoms with Gasteiger partial charge in [0.05, 0.1) is 62.2 Å². The fourth-order valence-electron chi connectivity index (χ4n) is 8.08. The maximum atomic E-state index is 13.8. The van der Waals surface area contributed by atoms with E-state index in [9.17, 15) is 24.3 Å². The van der Waals surface area contributed by atoms with Gasteiger partial charge in [0.25, 0.3) is 11.8 Å². The number of methoxy groups -OCH3 is 1. The number of anilines is 2. The average molecular weight is 879 g/mol. The van der Waals surface area contributed by atoms with Gasteiger partial charge in [0.15, 0.2) is 0 Å². The molecule has 1 atom stereocenters. The van der Waals surface area contributed by atoms with Crippen LogP contribution in [0.4, 0.5) is 11.6 Å². The molecule has 0 aliphatic carbocycles. The van der Waals surface area contributed by atoms with Crippen LogP contribution in [-0.2, 0) is 30.8 Å². The zero-order valence-corrected chi connectivity index (χ0v) is 36.7. The molecule has 0 saturated carbocycles. The first kappa shape index (κ1) is 45.1. The summed E-state index contributed by atoms with van der Waals surface area (Å²) in [6.07, 6.45) is 4.57. The van der Waals surface area contributed by atoms with Gasteiger partial charge in [-0.15, -0.1) is 0 Å². The molecule has 2 aliphatic heterocycles. The number of nitrogens with one attached hydrogen (secondary N) is 1. The molecule has 20 heteroatoms. The molecule has 4 amide bonds. The van der Waals surface area contributed by atoms with Crippen molar-refractivity contribution in [3.63, 3.8) is 0 Å². The highest BCUT2D eigenvalue weighted by Crippen LogP contribution is 2.40. The molecule has 6 N–H and O–H groups in total. The highest BCUT2D eigenvalue weighted by Gasteiger charge is 2.32. The van der Waals surface area contributed by atoms with Crippen LogP contribution in [0.3, 0.4) is 0 Å². The van der Waals surface area contributed by atoms with E-state index in [4.69, 9.17) is 30.7 Å². The number of fused-ring (bicyclic) bond motifs is 2. The zero-order chi connectivity index (χ0) is 45.7. The first-order chi connectivity index (χ1) is 30.8. The van der Waals surface area contributed by atoms with Crippen molar-refractivity contribution in [3.8, 4) is 11.5 Å². The third-order valence-electron chi connectivity index (χ3n) is 11.1. The molecule has 5 heterocycles. The lowest BCUT2D eigenvalue weighted by Gasteiger charge is -2.34. The summed E-state index contributed by atoms with van der Waals surface area (Å²) in [5, 5.41) is 21.6.